The second-order valence-corrected chi connectivity index (χ2v) is 16.8. The Balaban J connectivity index is 1.34. The molecule has 0 spiro atoms. The molecule has 0 saturated heterocycles. The molecule has 2 heteroatoms. The number of fused-ring (bicyclic) bond motifs is 2. The van der Waals surface area contributed by atoms with E-state index in [0.717, 1.165) is 34.1 Å². The summed E-state index contributed by atoms with van der Waals surface area (Å²) in [6.45, 7) is 13.3. The molecule has 0 aliphatic heterocycles. The second kappa shape index (κ2) is 16.4. The van der Waals surface area contributed by atoms with Gasteiger partial charge in [-0.15, -0.1) is 0 Å². The first kappa shape index (κ1) is 38.6. The summed E-state index contributed by atoms with van der Waals surface area (Å²) in [5.74, 6) is 0.918. The van der Waals surface area contributed by atoms with E-state index in [0.29, 0.717) is 11.8 Å². The highest BCUT2D eigenvalue weighted by atomic mass is 15.1. The van der Waals surface area contributed by atoms with Crippen LogP contribution < -0.4 is 9.80 Å². The Bertz CT molecular complexity index is 2690. The Hall–Kier alpha value is -6.90. The van der Waals surface area contributed by atoms with Crippen LogP contribution in [0.2, 0.25) is 0 Å². The third kappa shape index (κ3) is 7.46. The average molecular weight is 777 g/mol. The van der Waals surface area contributed by atoms with Crippen LogP contribution in [0.25, 0.3) is 43.8 Å². The largest absolute Gasteiger partial charge is 0.310 e. The standard InChI is InChI=1S/C58H52N2/c1-39(2)43-21-29-49(30-22-43)59(47-25-17-41(5)18-26-47)51-33-35-53-55(37-51)57(45-13-9-7-10-14-45)54-36-34-52(38-56(54)58(53)46-15-11-8-12-16-46)60(48-27-19-42(6)20-28-48)50-31-23-44(24-32-50)40(3)4/h7-40H,1-6H3. The second-order valence-electron chi connectivity index (χ2n) is 16.8. The van der Waals surface area contributed by atoms with Crippen LogP contribution in [0.4, 0.5) is 34.1 Å². The summed E-state index contributed by atoms with van der Waals surface area (Å²) in [5.41, 5.74) is 16.8. The number of nitrogens with zero attached hydrogens (tertiary/aromatic N) is 2. The predicted octanol–water partition coefficient (Wildman–Crippen LogP) is 17.1. The zero-order valence-corrected chi connectivity index (χ0v) is 35.5. The van der Waals surface area contributed by atoms with Crippen LogP contribution in [0.3, 0.4) is 0 Å². The van der Waals surface area contributed by atoms with Gasteiger partial charge >= 0.3 is 0 Å². The first-order valence-corrected chi connectivity index (χ1v) is 21.3. The normalized spacial score (nSPS) is 11.5. The number of rotatable bonds is 10. The monoisotopic (exact) mass is 776 g/mol. The summed E-state index contributed by atoms with van der Waals surface area (Å²) in [7, 11) is 0. The smallest absolute Gasteiger partial charge is 0.0468 e. The maximum absolute atomic E-state index is 2.42. The van der Waals surface area contributed by atoms with E-state index in [9.17, 15) is 0 Å². The molecule has 0 aromatic heterocycles. The zero-order chi connectivity index (χ0) is 41.3. The molecular formula is C58H52N2. The molecule has 0 radical (unpaired) electrons. The topological polar surface area (TPSA) is 6.48 Å². The van der Waals surface area contributed by atoms with Crippen molar-refractivity contribution < 1.29 is 0 Å². The Morgan fingerprint density at radius 2 is 0.600 bits per heavy atom. The first-order chi connectivity index (χ1) is 29.2. The molecule has 0 saturated carbocycles. The van der Waals surface area contributed by atoms with E-state index in [1.54, 1.807) is 0 Å². The molecular weight excluding hydrogens is 725 g/mol. The van der Waals surface area contributed by atoms with E-state index in [1.807, 2.05) is 0 Å². The Kier molecular flexibility index (Phi) is 10.5. The fraction of sp³-hybridized carbons (Fsp3) is 0.138. The Morgan fingerprint density at radius 1 is 0.300 bits per heavy atom. The molecule has 0 aliphatic rings. The van der Waals surface area contributed by atoms with Gasteiger partial charge in [-0.25, -0.2) is 0 Å². The van der Waals surface area contributed by atoms with Gasteiger partial charge in [-0.1, -0.05) is 160 Å². The third-order valence-corrected chi connectivity index (χ3v) is 11.9. The number of hydrogen-bond donors (Lipinski definition) is 0. The molecule has 0 amide bonds. The SMILES string of the molecule is Cc1ccc(N(c2ccc(C(C)C)cc2)c2ccc3c(-c4ccccc4)c4cc(N(c5ccc(C)cc5)c5ccc(C(C)C)cc5)ccc4c(-c4ccccc4)c3c2)cc1. The van der Waals surface area contributed by atoms with Gasteiger partial charge in [0.05, 0.1) is 0 Å². The van der Waals surface area contributed by atoms with Crippen molar-refractivity contribution in [3.05, 3.63) is 216 Å². The average Bonchev–Trinajstić information content (AvgIpc) is 3.28. The lowest BCUT2D eigenvalue weighted by Crippen LogP contribution is -2.11. The number of benzene rings is 9. The predicted molar refractivity (Wildman–Crippen MR) is 259 cm³/mol. The molecule has 0 N–H and O–H groups in total. The van der Waals surface area contributed by atoms with E-state index >= 15 is 0 Å². The molecule has 0 unspecified atom stereocenters. The van der Waals surface area contributed by atoms with Crippen molar-refractivity contribution in [3.63, 3.8) is 0 Å². The Labute approximate surface area is 356 Å². The van der Waals surface area contributed by atoms with Gasteiger partial charge in [0.25, 0.3) is 0 Å². The molecule has 0 atom stereocenters. The van der Waals surface area contributed by atoms with E-state index in [2.05, 4.69) is 245 Å². The fourth-order valence-corrected chi connectivity index (χ4v) is 8.61. The highest BCUT2D eigenvalue weighted by Crippen LogP contribution is 2.48. The maximum Gasteiger partial charge on any atom is 0.0468 e. The minimum Gasteiger partial charge on any atom is -0.310 e. The van der Waals surface area contributed by atoms with Crippen molar-refractivity contribution in [2.75, 3.05) is 9.80 Å². The van der Waals surface area contributed by atoms with E-state index in [-0.39, 0.29) is 0 Å². The van der Waals surface area contributed by atoms with Gasteiger partial charge in [-0.3, -0.25) is 0 Å². The Morgan fingerprint density at radius 3 is 0.917 bits per heavy atom. The quantitative estimate of drug-likeness (QED) is 0.128. The summed E-state index contributed by atoms with van der Waals surface area (Å²) in [6, 6.07) is 72.0. The van der Waals surface area contributed by atoms with Crippen LogP contribution in [-0.4, -0.2) is 0 Å². The van der Waals surface area contributed by atoms with Gasteiger partial charge in [-0.05, 0) is 153 Å². The zero-order valence-electron chi connectivity index (χ0n) is 35.5. The molecule has 9 aromatic rings. The molecule has 294 valence electrons. The summed E-state index contributed by atoms with van der Waals surface area (Å²) in [4.78, 5) is 4.80. The van der Waals surface area contributed by atoms with E-state index < -0.39 is 0 Å². The van der Waals surface area contributed by atoms with E-state index in [4.69, 9.17) is 0 Å². The van der Waals surface area contributed by atoms with Crippen LogP contribution in [0.5, 0.6) is 0 Å². The molecule has 0 fully saturated rings. The highest BCUT2D eigenvalue weighted by Gasteiger charge is 2.22. The minimum absolute atomic E-state index is 0.459. The van der Waals surface area contributed by atoms with Gasteiger partial charge < -0.3 is 9.80 Å². The molecule has 60 heavy (non-hydrogen) atoms. The van der Waals surface area contributed by atoms with Gasteiger partial charge in [0, 0.05) is 34.1 Å². The number of aryl methyl sites for hydroxylation is 2. The molecule has 0 heterocycles. The lowest BCUT2D eigenvalue weighted by Gasteiger charge is -2.28. The third-order valence-electron chi connectivity index (χ3n) is 11.9. The van der Waals surface area contributed by atoms with Crippen molar-refractivity contribution in [1.82, 2.24) is 0 Å². The molecule has 9 aromatic carbocycles. The first-order valence-electron chi connectivity index (χ1n) is 21.3. The maximum atomic E-state index is 2.42. The van der Waals surface area contributed by atoms with Crippen molar-refractivity contribution in [3.8, 4) is 22.3 Å². The highest BCUT2D eigenvalue weighted by molar-refractivity contribution is 6.22. The van der Waals surface area contributed by atoms with Crippen LogP contribution in [0, 0.1) is 13.8 Å². The van der Waals surface area contributed by atoms with Crippen LogP contribution in [0.1, 0.15) is 61.8 Å². The van der Waals surface area contributed by atoms with Gasteiger partial charge in [0.1, 0.15) is 0 Å². The van der Waals surface area contributed by atoms with E-state index in [1.165, 1.54) is 66.1 Å². The summed E-state index contributed by atoms with van der Waals surface area (Å²) in [5, 5.41) is 4.87. The number of anilines is 6. The fourth-order valence-electron chi connectivity index (χ4n) is 8.61. The van der Waals surface area contributed by atoms with Gasteiger partial charge in [0.15, 0.2) is 0 Å². The molecule has 0 bridgehead atoms. The molecule has 2 nitrogen and oxygen atoms in total. The van der Waals surface area contributed by atoms with Crippen LogP contribution >= 0.6 is 0 Å². The summed E-state index contributed by atoms with van der Waals surface area (Å²) < 4.78 is 0. The minimum atomic E-state index is 0.459. The van der Waals surface area contributed by atoms with Gasteiger partial charge in [0.2, 0.25) is 0 Å². The van der Waals surface area contributed by atoms with Crippen molar-refractivity contribution >= 4 is 55.7 Å². The molecule has 0 aliphatic carbocycles. The number of hydrogen-bond acceptors (Lipinski definition) is 2. The van der Waals surface area contributed by atoms with Crippen molar-refractivity contribution in [1.29, 1.82) is 0 Å². The van der Waals surface area contributed by atoms with Crippen molar-refractivity contribution in [2.45, 2.75) is 53.4 Å². The van der Waals surface area contributed by atoms with Crippen LogP contribution in [-0.2, 0) is 0 Å². The summed E-state index contributed by atoms with van der Waals surface area (Å²) >= 11 is 0. The van der Waals surface area contributed by atoms with Crippen LogP contribution in [0.15, 0.2) is 194 Å². The summed E-state index contributed by atoms with van der Waals surface area (Å²) in [6.07, 6.45) is 0. The lowest BCUT2D eigenvalue weighted by atomic mass is 9.85. The van der Waals surface area contributed by atoms with Gasteiger partial charge in [-0.2, -0.15) is 0 Å². The molecule has 9 rings (SSSR count). The lowest BCUT2D eigenvalue weighted by molar-refractivity contribution is 0.866. The van der Waals surface area contributed by atoms with Crippen molar-refractivity contribution in [2.24, 2.45) is 0 Å².